The van der Waals surface area contributed by atoms with Gasteiger partial charge in [0.05, 0.1) is 5.69 Å². The van der Waals surface area contributed by atoms with Gasteiger partial charge in [-0.3, -0.25) is 4.79 Å². The summed E-state index contributed by atoms with van der Waals surface area (Å²) < 4.78 is 20.5. The molecule has 0 fully saturated rings. The Balaban J connectivity index is 1.75. The lowest BCUT2D eigenvalue weighted by molar-refractivity contribution is -0.122. The molecule has 6 nitrogen and oxygen atoms in total. The Morgan fingerprint density at radius 3 is 2.79 bits per heavy atom. The van der Waals surface area contributed by atoms with Crippen molar-refractivity contribution in [3.8, 4) is 11.6 Å². The number of pyridine rings is 1. The number of halogens is 1. The summed E-state index contributed by atoms with van der Waals surface area (Å²) in [5, 5.41) is 6.83. The van der Waals surface area contributed by atoms with Gasteiger partial charge in [0.2, 0.25) is 0 Å². The van der Waals surface area contributed by atoms with Gasteiger partial charge in [-0.25, -0.2) is 14.1 Å². The second kappa shape index (κ2) is 6.91. The van der Waals surface area contributed by atoms with Crippen LogP contribution in [0.3, 0.4) is 0 Å². The fraction of sp³-hybridized carbons (Fsp3) is 0.118. The van der Waals surface area contributed by atoms with Gasteiger partial charge in [0.25, 0.3) is 5.91 Å². The molecule has 1 amide bonds. The lowest BCUT2D eigenvalue weighted by Crippen LogP contribution is -2.31. The molecular weight excluding hydrogens is 311 g/mol. The molecule has 3 rings (SSSR count). The highest BCUT2D eigenvalue weighted by molar-refractivity contribution is 5.95. The Labute approximate surface area is 137 Å². The van der Waals surface area contributed by atoms with Crippen LogP contribution in [0, 0.1) is 5.82 Å². The Bertz CT molecular complexity index is 836. The van der Waals surface area contributed by atoms with E-state index in [9.17, 15) is 9.18 Å². The van der Waals surface area contributed by atoms with Crippen LogP contribution < -0.4 is 10.1 Å². The van der Waals surface area contributed by atoms with Gasteiger partial charge in [0.15, 0.2) is 23.5 Å². The van der Waals surface area contributed by atoms with Crippen molar-refractivity contribution < 1.29 is 13.9 Å². The number of nitrogens with one attached hydrogen (secondary N) is 1. The number of carbonyl (C=O) groups excluding carboxylic acids is 1. The van der Waals surface area contributed by atoms with E-state index in [4.69, 9.17) is 4.74 Å². The van der Waals surface area contributed by atoms with Crippen LogP contribution in [-0.2, 0) is 4.79 Å². The molecule has 0 aliphatic heterocycles. The molecule has 1 aromatic carbocycles. The first-order valence-corrected chi connectivity index (χ1v) is 7.32. The van der Waals surface area contributed by atoms with E-state index in [1.165, 1.54) is 16.8 Å². The van der Waals surface area contributed by atoms with Gasteiger partial charge in [0, 0.05) is 18.6 Å². The molecule has 7 heteroatoms. The summed E-state index contributed by atoms with van der Waals surface area (Å²) in [6.07, 6.45) is 4.06. The van der Waals surface area contributed by atoms with Gasteiger partial charge in [-0.1, -0.05) is 12.1 Å². The lowest BCUT2D eigenvalue weighted by atomic mass is 10.3. The van der Waals surface area contributed by atoms with Gasteiger partial charge in [-0.2, -0.15) is 5.10 Å². The highest BCUT2D eigenvalue weighted by Gasteiger charge is 2.18. The van der Waals surface area contributed by atoms with Crippen LogP contribution >= 0.6 is 0 Å². The van der Waals surface area contributed by atoms with E-state index >= 15 is 0 Å². The van der Waals surface area contributed by atoms with Crippen LogP contribution in [0.5, 0.6) is 5.75 Å². The summed E-state index contributed by atoms with van der Waals surface area (Å²) >= 11 is 0. The predicted octanol–water partition coefficient (Wildman–Crippen LogP) is 2.81. The predicted molar refractivity (Wildman–Crippen MR) is 86.5 cm³/mol. The van der Waals surface area contributed by atoms with Crippen LogP contribution in [0.4, 0.5) is 10.1 Å². The van der Waals surface area contributed by atoms with Crippen molar-refractivity contribution in [1.29, 1.82) is 0 Å². The van der Waals surface area contributed by atoms with Crippen molar-refractivity contribution >= 4 is 11.6 Å². The van der Waals surface area contributed by atoms with Crippen LogP contribution in [0.15, 0.2) is 61.1 Å². The number of ether oxygens (including phenoxy) is 1. The molecule has 122 valence electrons. The molecule has 0 bridgehead atoms. The normalized spacial score (nSPS) is 11.8. The smallest absolute Gasteiger partial charge is 0.265 e. The van der Waals surface area contributed by atoms with Crippen LogP contribution in [0.1, 0.15) is 6.92 Å². The van der Waals surface area contributed by atoms with Crippen molar-refractivity contribution in [3.05, 3.63) is 66.9 Å². The van der Waals surface area contributed by atoms with Gasteiger partial charge in [-0.15, -0.1) is 0 Å². The van der Waals surface area contributed by atoms with E-state index in [1.807, 2.05) is 0 Å². The zero-order chi connectivity index (χ0) is 16.9. The maximum Gasteiger partial charge on any atom is 0.265 e. The molecule has 0 radical (unpaired) electrons. The molecule has 2 aromatic heterocycles. The van der Waals surface area contributed by atoms with E-state index in [-0.39, 0.29) is 5.75 Å². The van der Waals surface area contributed by atoms with Crippen LogP contribution in [0.2, 0.25) is 0 Å². The van der Waals surface area contributed by atoms with Crippen molar-refractivity contribution in [2.24, 2.45) is 0 Å². The standard InChI is InChI=1S/C17H15FN4O2/c1-12(24-15-8-3-2-6-13(15)18)17(23)21-14-7-4-9-19-16(14)22-11-5-10-20-22/h2-12H,1H3,(H,21,23). The Kier molecular flexibility index (Phi) is 4.51. The van der Waals surface area contributed by atoms with Crippen LogP contribution in [0.25, 0.3) is 5.82 Å². The molecular formula is C17H15FN4O2. The second-order valence-electron chi connectivity index (χ2n) is 5.00. The average molecular weight is 326 g/mol. The van der Waals surface area contributed by atoms with Crippen molar-refractivity contribution in [2.45, 2.75) is 13.0 Å². The summed E-state index contributed by atoms with van der Waals surface area (Å²) in [7, 11) is 0. The Morgan fingerprint density at radius 1 is 1.21 bits per heavy atom. The molecule has 0 saturated carbocycles. The number of rotatable bonds is 5. The molecule has 0 saturated heterocycles. The fourth-order valence-corrected chi connectivity index (χ4v) is 2.09. The number of hydrogen-bond donors (Lipinski definition) is 1. The Hall–Kier alpha value is -3.22. The summed E-state index contributed by atoms with van der Waals surface area (Å²) in [6.45, 7) is 1.55. The average Bonchev–Trinajstić information content (AvgIpc) is 3.11. The first kappa shape index (κ1) is 15.7. The number of benzene rings is 1. The van der Waals surface area contributed by atoms with Gasteiger partial charge >= 0.3 is 0 Å². The van der Waals surface area contributed by atoms with E-state index in [2.05, 4.69) is 15.4 Å². The Morgan fingerprint density at radius 2 is 2.04 bits per heavy atom. The molecule has 1 N–H and O–H groups in total. The van der Waals surface area contributed by atoms with E-state index < -0.39 is 17.8 Å². The summed E-state index contributed by atoms with van der Waals surface area (Å²) in [5.74, 6) is -0.428. The van der Waals surface area contributed by atoms with Gasteiger partial charge < -0.3 is 10.1 Å². The third kappa shape index (κ3) is 3.40. The number of aromatic nitrogens is 3. The van der Waals surface area contributed by atoms with Gasteiger partial charge in [0.1, 0.15) is 0 Å². The minimum Gasteiger partial charge on any atom is -0.478 e. The fourth-order valence-electron chi connectivity index (χ4n) is 2.09. The maximum atomic E-state index is 13.6. The first-order valence-electron chi connectivity index (χ1n) is 7.32. The second-order valence-corrected chi connectivity index (χ2v) is 5.00. The lowest BCUT2D eigenvalue weighted by Gasteiger charge is -2.16. The number of hydrogen-bond acceptors (Lipinski definition) is 4. The number of amides is 1. The molecule has 0 spiro atoms. The molecule has 24 heavy (non-hydrogen) atoms. The molecule has 0 aliphatic carbocycles. The van der Waals surface area contributed by atoms with E-state index in [0.29, 0.717) is 11.5 Å². The number of anilines is 1. The molecule has 1 atom stereocenters. The molecule has 1 unspecified atom stereocenters. The molecule has 0 aliphatic rings. The minimum atomic E-state index is -0.882. The summed E-state index contributed by atoms with van der Waals surface area (Å²) in [5.41, 5.74) is 0.482. The van der Waals surface area contributed by atoms with E-state index in [1.54, 1.807) is 55.8 Å². The van der Waals surface area contributed by atoms with Crippen molar-refractivity contribution in [3.63, 3.8) is 0 Å². The molecule has 3 aromatic rings. The quantitative estimate of drug-likeness (QED) is 0.783. The zero-order valence-electron chi connectivity index (χ0n) is 12.9. The SMILES string of the molecule is CC(Oc1ccccc1F)C(=O)Nc1cccnc1-n1cccn1. The van der Waals surface area contributed by atoms with Crippen LogP contribution in [-0.4, -0.2) is 26.8 Å². The van der Waals surface area contributed by atoms with Crippen molar-refractivity contribution in [1.82, 2.24) is 14.8 Å². The van der Waals surface area contributed by atoms with Gasteiger partial charge in [-0.05, 0) is 37.3 Å². The van der Waals surface area contributed by atoms with E-state index in [0.717, 1.165) is 0 Å². The topological polar surface area (TPSA) is 69.0 Å². The zero-order valence-corrected chi connectivity index (χ0v) is 12.9. The number of nitrogens with zero attached hydrogens (tertiary/aromatic N) is 3. The maximum absolute atomic E-state index is 13.6. The monoisotopic (exact) mass is 326 g/mol. The first-order chi connectivity index (χ1) is 11.6. The number of para-hydroxylation sites is 1. The summed E-state index contributed by atoms with van der Waals surface area (Å²) in [4.78, 5) is 16.6. The highest BCUT2D eigenvalue weighted by atomic mass is 19.1. The molecule has 2 heterocycles. The number of carbonyl (C=O) groups is 1. The third-order valence-corrected chi connectivity index (χ3v) is 3.28. The summed E-state index contributed by atoms with van der Waals surface area (Å²) in [6, 6.07) is 11.1. The third-order valence-electron chi connectivity index (χ3n) is 3.28. The highest BCUT2D eigenvalue weighted by Crippen LogP contribution is 2.19. The van der Waals surface area contributed by atoms with Crippen molar-refractivity contribution in [2.75, 3.05) is 5.32 Å². The minimum absolute atomic E-state index is 0.0265. The largest absolute Gasteiger partial charge is 0.478 e.